The van der Waals surface area contributed by atoms with Crippen molar-refractivity contribution in [3.63, 3.8) is 0 Å². The monoisotopic (exact) mass is 224 g/mol. The average Bonchev–Trinajstić information content (AvgIpc) is 2.34. The van der Waals surface area contributed by atoms with Gasteiger partial charge < -0.3 is 14.6 Å². The Morgan fingerprint density at radius 1 is 1.44 bits per heavy atom. The molecule has 1 aromatic rings. The molecule has 1 atom stereocenters. The van der Waals surface area contributed by atoms with Crippen LogP contribution in [0, 0.1) is 0 Å². The molecule has 0 bridgehead atoms. The summed E-state index contributed by atoms with van der Waals surface area (Å²) in [6.45, 7) is 2.20. The van der Waals surface area contributed by atoms with Gasteiger partial charge in [-0.3, -0.25) is 0 Å². The summed E-state index contributed by atoms with van der Waals surface area (Å²) in [5, 5.41) is 9.77. The predicted molar refractivity (Wildman–Crippen MR) is 59.2 cm³/mol. The number of methoxy groups -OCH3 is 1. The third-order valence-corrected chi connectivity index (χ3v) is 2.11. The Balaban J connectivity index is 2.78. The summed E-state index contributed by atoms with van der Waals surface area (Å²) in [4.78, 5) is 11.4. The van der Waals surface area contributed by atoms with Crippen molar-refractivity contribution < 1.29 is 19.4 Å². The molecule has 0 heterocycles. The topological polar surface area (TPSA) is 55.8 Å². The van der Waals surface area contributed by atoms with Crippen molar-refractivity contribution in [3.05, 3.63) is 29.8 Å². The zero-order valence-corrected chi connectivity index (χ0v) is 9.47. The third-order valence-electron chi connectivity index (χ3n) is 2.11. The highest BCUT2D eigenvalue weighted by molar-refractivity contribution is 5.77. The minimum atomic E-state index is -1.29. The Hall–Kier alpha value is -1.55. The maximum Gasteiger partial charge on any atom is 0.339 e. The number of para-hydroxylation sites is 1. The van der Waals surface area contributed by atoms with E-state index in [9.17, 15) is 9.90 Å². The Morgan fingerprint density at radius 3 is 2.75 bits per heavy atom. The first kappa shape index (κ1) is 12.5. The van der Waals surface area contributed by atoms with E-state index < -0.39 is 12.1 Å². The zero-order chi connectivity index (χ0) is 12.0. The highest BCUT2D eigenvalue weighted by atomic mass is 16.5. The fourth-order valence-corrected chi connectivity index (χ4v) is 1.30. The molecule has 16 heavy (non-hydrogen) atoms. The number of benzene rings is 1. The predicted octanol–water partition coefficient (Wildman–Crippen LogP) is 1.68. The normalized spacial score (nSPS) is 11.9. The smallest absolute Gasteiger partial charge is 0.339 e. The Labute approximate surface area is 94.8 Å². The molecule has 0 spiro atoms. The molecule has 0 fully saturated rings. The van der Waals surface area contributed by atoms with Crippen LogP contribution in [0.4, 0.5) is 0 Å². The van der Waals surface area contributed by atoms with E-state index in [1.165, 1.54) is 7.11 Å². The summed E-state index contributed by atoms with van der Waals surface area (Å²) < 4.78 is 9.92. The fraction of sp³-hybridized carbons (Fsp3) is 0.417. The molecule has 1 aromatic carbocycles. The molecule has 0 saturated heterocycles. The molecule has 0 radical (unpaired) electrons. The van der Waals surface area contributed by atoms with Crippen molar-refractivity contribution in [1.82, 2.24) is 0 Å². The van der Waals surface area contributed by atoms with Crippen molar-refractivity contribution >= 4 is 5.97 Å². The molecule has 4 heteroatoms. The molecular weight excluding hydrogens is 208 g/mol. The molecule has 0 aromatic heterocycles. The highest BCUT2D eigenvalue weighted by Crippen LogP contribution is 2.25. The number of rotatable bonds is 5. The van der Waals surface area contributed by atoms with Gasteiger partial charge in [0, 0.05) is 5.56 Å². The van der Waals surface area contributed by atoms with Crippen LogP contribution < -0.4 is 4.74 Å². The van der Waals surface area contributed by atoms with Crippen molar-refractivity contribution in [2.45, 2.75) is 19.4 Å². The quantitative estimate of drug-likeness (QED) is 0.773. The number of hydrogen-bond acceptors (Lipinski definition) is 4. The van der Waals surface area contributed by atoms with Crippen LogP contribution in [0.15, 0.2) is 24.3 Å². The van der Waals surface area contributed by atoms with Gasteiger partial charge >= 0.3 is 5.97 Å². The van der Waals surface area contributed by atoms with Gasteiger partial charge in [-0.15, -0.1) is 0 Å². The second kappa shape index (κ2) is 6.12. The second-order valence-electron chi connectivity index (χ2n) is 3.31. The number of carbonyl (C=O) groups is 1. The first-order valence-electron chi connectivity index (χ1n) is 5.18. The summed E-state index contributed by atoms with van der Waals surface area (Å²) in [5.74, 6) is -0.171. The highest BCUT2D eigenvalue weighted by Gasteiger charge is 2.21. The number of carbonyl (C=O) groups excluding carboxylic acids is 1. The summed E-state index contributed by atoms with van der Waals surface area (Å²) in [7, 11) is 1.49. The van der Waals surface area contributed by atoms with Gasteiger partial charge in [0.05, 0.1) is 13.7 Å². The molecule has 1 rings (SSSR count). The Morgan fingerprint density at radius 2 is 2.12 bits per heavy atom. The largest absolute Gasteiger partial charge is 0.496 e. The van der Waals surface area contributed by atoms with E-state index in [1.807, 2.05) is 6.92 Å². The lowest BCUT2D eigenvalue weighted by Gasteiger charge is -2.13. The summed E-state index contributed by atoms with van der Waals surface area (Å²) in [6.07, 6.45) is -0.563. The Bertz CT molecular complexity index is 349. The zero-order valence-electron chi connectivity index (χ0n) is 9.47. The summed E-state index contributed by atoms with van der Waals surface area (Å²) >= 11 is 0. The molecule has 88 valence electrons. The third kappa shape index (κ3) is 2.97. The van der Waals surface area contributed by atoms with Crippen LogP contribution in [0.5, 0.6) is 5.75 Å². The summed E-state index contributed by atoms with van der Waals surface area (Å²) in [6, 6.07) is 6.82. The standard InChI is InChI=1S/C12H16O4/c1-3-8-16-12(14)11(13)9-6-4-5-7-10(9)15-2/h4-7,11,13H,3,8H2,1-2H3. The maximum atomic E-state index is 11.4. The lowest BCUT2D eigenvalue weighted by molar-refractivity contribution is -0.154. The van der Waals surface area contributed by atoms with Crippen LogP contribution >= 0.6 is 0 Å². The van der Waals surface area contributed by atoms with Crippen LogP contribution in [0.3, 0.4) is 0 Å². The van der Waals surface area contributed by atoms with Gasteiger partial charge in [-0.05, 0) is 12.5 Å². The molecular formula is C12H16O4. The van der Waals surface area contributed by atoms with Gasteiger partial charge in [-0.2, -0.15) is 0 Å². The summed E-state index contributed by atoms with van der Waals surface area (Å²) in [5.41, 5.74) is 0.422. The molecule has 0 aliphatic carbocycles. The molecule has 0 aliphatic heterocycles. The van der Waals surface area contributed by atoms with E-state index in [0.29, 0.717) is 17.9 Å². The number of hydrogen-bond donors (Lipinski definition) is 1. The van der Waals surface area contributed by atoms with Gasteiger partial charge in [0.1, 0.15) is 5.75 Å². The van der Waals surface area contributed by atoms with Gasteiger partial charge in [0.15, 0.2) is 6.10 Å². The van der Waals surface area contributed by atoms with Crippen LogP contribution in [-0.4, -0.2) is 24.8 Å². The van der Waals surface area contributed by atoms with Crippen molar-refractivity contribution in [3.8, 4) is 5.75 Å². The number of aliphatic hydroxyl groups excluding tert-OH is 1. The first-order chi connectivity index (χ1) is 7.70. The number of ether oxygens (including phenoxy) is 2. The number of esters is 1. The first-order valence-corrected chi connectivity index (χ1v) is 5.18. The van der Waals surface area contributed by atoms with E-state index in [1.54, 1.807) is 24.3 Å². The molecule has 4 nitrogen and oxygen atoms in total. The van der Waals surface area contributed by atoms with Crippen molar-refractivity contribution in [2.75, 3.05) is 13.7 Å². The minimum Gasteiger partial charge on any atom is -0.496 e. The lowest BCUT2D eigenvalue weighted by Crippen LogP contribution is -2.16. The van der Waals surface area contributed by atoms with Crippen LogP contribution in [0.25, 0.3) is 0 Å². The maximum absolute atomic E-state index is 11.4. The molecule has 0 aliphatic rings. The van der Waals surface area contributed by atoms with Crippen LogP contribution in [-0.2, 0) is 9.53 Å². The molecule has 0 amide bonds. The molecule has 1 unspecified atom stereocenters. The van der Waals surface area contributed by atoms with Gasteiger partial charge in [-0.1, -0.05) is 25.1 Å². The van der Waals surface area contributed by atoms with Gasteiger partial charge in [0.2, 0.25) is 0 Å². The van der Waals surface area contributed by atoms with Crippen LogP contribution in [0.2, 0.25) is 0 Å². The van der Waals surface area contributed by atoms with E-state index >= 15 is 0 Å². The second-order valence-corrected chi connectivity index (χ2v) is 3.31. The minimum absolute atomic E-state index is 0.311. The lowest BCUT2D eigenvalue weighted by atomic mass is 10.1. The van der Waals surface area contributed by atoms with E-state index in [2.05, 4.69) is 0 Å². The average molecular weight is 224 g/mol. The van der Waals surface area contributed by atoms with Gasteiger partial charge in [-0.25, -0.2) is 4.79 Å². The van der Waals surface area contributed by atoms with E-state index in [0.717, 1.165) is 6.42 Å². The SMILES string of the molecule is CCCOC(=O)C(O)c1ccccc1OC. The molecule has 0 saturated carbocycles. The van der Waals surface area contributed by atoms with Crippen LogP contribution in [0.1, 0.15) is 25.0 Å². The van der Waals surface area contributed by atoms with E-state index in [-0.39, 0.29) is 0 Å². The van der Waals surface area contributed by atoms with Crippen molar-refractivity contribution in [2.24, 2.45) is 0 Å². The Kier molecular flexibility index (Phi) is 4.79. The van der Waals surface area contributed by atoms with E-state index in [4.69, 9.17) is 9.47 Å². The van der Waals surface area contributed by atoms with Crippen molar-refractivity contribution in [1.29, 1.82) is 0 Å². The van der Waals surface area contributed by atoms with Gasteiger partial charge in [0.25, 0.3) is 0 Å². The molecule has 1 N–H and O–H groups in total. The number of aliphatic hydroxyl groups is 1. The fourth-order valence-electron chi connectivity index (χ4n) is 1.30.